The molecular weight excluding hydrogens is 330 g/mol. The number of amides is 1. The third-order valence-electron chi connectivity index (χ3n) is 3.70. The van der Waals surface area contributed by atoms with E-state index < -0.39 is 0 Å². The molecule has 6 heteroatoms. The number of hydrazone groups is 1. The van der Waals surface area contributed by atoms with Gasteiger partial charge >= 0.3 is 0 Å². The number of carbonyl (C=O) groups is 1. The van der Waals surface area contributed by atoms with Gasteiger partial charge in [0.15, 0.2) is 0 Å². The van der Waals surface area contributed by atoms with Gasteiger partial charge in [-0.25, -0.2) is 5.43 Å². The van der Waals surface area contributed by atoms with Gasteiger partial charge in [0, 0.05) is 10.9 Å². The number of carbonyl (C=O) groups excluding carboxylic acids is 1. The number of aromatic nitrogens is 1. The lowest BCUT2D eigenvalue weighted by Crippen LogP contribution is -2.17. The summed E-state index contributed by atoms with van der Waals surface area (Å²) < 4.78 is 10.6. The number of hydrogen-bond donors (Lipinski definition) is 2. The van der Waals surface area contributed by atoms with Gasteiger partial charge in [0.05, 0.1) is 13.3 Å². The van der Waals surface area contributed by atoms with Crippen molar-refractivity contribution in [3.8, 4) is 11.5 Å². The molecule has 1 aromatic heterocycles. The summed E-state index contributed by atoms with van der Waals surface area (Å²) in [5, 5.41) is 4.88. The van der Waals surface area contributed by atoms with Crippen molar-refractivity contribution in [2.45, 2.75) is 0 Å². The fourth-order valence-corrected chi connectivity index (χ4v) is 2.39. The highest BCUT2D eigenvalue weighted by Crippen LogP contribution is 2.21. The summed E-state index contributed by atoms with van der Waals surface area (Å²) >= 11 is 0. The molecule has 2 aromatic carbocycles. The molecule has 0 radical (unpaired) electrons. The number of nitrogens with one attached hydrogen (secondary N) is 2. The lowest BCUT2D eigenvalue weighted by atomic mass is 10.2. The van der Waals surface area contributed by atoms with E-state index in [1.54, 1.807) is 25.5 Å². The van der Waals surface area contributed by atoms with Crippen LogP contribution in [0.1, 0.15) is 16.1 Å². The summed E-state index contributed by atoms with van der Waals surface area (Å²) in [6.45, 7) is 4.06. The predicted molar refractivity (Wildman–Crippen MR) is 102 cm³/mol. The second-order valence-corrected chi connectivity index (χ2v) is 5.50. The van der Waals surface area contributed by atoms with Gasteiger partial charge in [0.2, 0.25) is 0 Å². The van der Waals surface area contributed by atoms with Crippen LogP contribution in [-0.4, -0.2) is 30.8 Å². The van der Waals surface area contributed by atoms with Crippen LogP contribution < -0.4 is 14.9 Å². The van der Waals surface area contributed by atoms with Crippen molar-refractivity contribution >= 4 is 23.0 Å². The third kappa shape index (κ3) is 4.10. The SMILES string of the molecule is C=CCOc1ccc(C=NNC(=O)c2cc3cc(OC)ccc3[nH]2)cc1. The Kier molecular flexibility index (Phi) is 5.34. The van der Waals surface area contributed by atoms with Crippen LogP contribution in [0.4, 0.5) is 0 Å². The Labute approximate surface area is 151 Å². The van der Waals surface area contributed by atoms with Crippen molar-refractivity contribution in [2.75, 3.05) is 13.7 Å². The molecular formula is C20H19N3O3. The van der Waals surface area contributed by atoms with Gasteiger partial charge in [-0.3, -0.25) is 4.79 Å². The number of aromatic amines is 1. The van der Waals surface area contributed by atoms with Gasteiger partial charge in [-0.05, 0) is 54.1 Å². The van der Waals surface area contributed by atoms with E-state index in [4.69, 9.17) is 9.47 Å². The molecule has 1 heterocycles. The summed E-state index contributed by atoms with van der Waals surface area (Å²) in [7, 11) is 1.61. The zero-order chi connectivity index (χ0) is 18.4. The van der Waals surface area contributed by atoms with Crippen LogP contribution in [0.25, 0.3) is 10.9 Å². The van der Waals surface area contributed by atoms with E-state index in [0.717, 1.165) is 28.0 Å². The lowest BCUT2D eigenvalue weighted by Gasteiger charge is -2.02. The van der Waals surface area contributed by atoms with Gasteiger partial charge < -0.3 is 14.5 Å². The Morgan fingerprint density at radius 3 is 2.69 bits per heavy atom. The van der Waals surface area contributed by atoms with Crippen molar-refractivity contribution in [3.05, 3.63) is 72.4 Å². The topological polar surface area (TPSA) is 75.7 Å². The molecule has 0 aliphatic rings. The summed E-state index contributed by atoms with van der Waals surface area (Å²) in [5.41, 5.74) is 4.64. The Morgan fingerprint density at radius 1 is 1.19 bits per heavy atom. The summed E-state index contributed by atoms with van der Waals surface area (Å²) in [6, 6.07) is 14.7. The number of hydrogen-bond acceptors (Lipinski definition) is 4. The van der Waals surface area contributed by atoms with E-state index >= 15 is 0 Å². The molecule has 3 rings (SSSR count). The van der Waals surface area contributed by atoms with E-state index in [9.17, 15) is 4.79 Å². The van der Waals surface area contributed by atoms with E-state index in [1.807, 2.05) is 42.5 Å². The van der Waals surface area contributed by atoms with E-state index in [2.05, 4.69) is 22.1 Å². The van der Waals surface area contributed by atoms with Crippen LogP contribution in [0.15, 0.2) is 66.3 Å². The minimum atomic E-state index is -0.317. The minimum Gasteiger partial charge on any atom is -0.497 e. The molecule has 0 unspecified atom stereocenters. The fourth-order valence-electron chi connectivity index (χ4n) is 2.39. The molecule has 1 amide bonds. The predicted octanol–water partition coefficient (Wildman–Crippen LogP) is 3.51. The molecule has 132 valence electrons. The van der Waals surface area contributed by atoms with Crippen LogP contribution in [0.5, 0.6) is 11.5 Å². The minimum absolute atomic E-state index is 0.317. The number of benzene rings is 2. The van der Waals surface area contributed by atoms with Crippen molar-refractivity contribution in [1.29, 1.82) is 0 Å². The molecule has 2 N–H and O–H groups in total. The highest BCUT2D eigenvalue weighted by molar-refractivity contribution is 5.98. The molecule has 0 saturated heterocycles. The number of H-pyrrole nitrogens is 1. The Morgan fingerprint density at radius 2 is 1.96 bits per heavy atom. The summed E-state index contributed by atoms with van der Waals surface area (Å²) in [4.78, 5) is 15.3. The Hall–Kier alpha value is -3.54. The Bertz CT molecular complexity index is 943. The van der Waals surface area contributed by atoms with Crippen LogP contribution in [0.2, 0.25) is 0 Å². The van der Waals surface area contributed by atoms with Crippen molar-refractivity contribution in [3.63, 3.8) is 0 Å². The highest BCUT2D eigenvalue weighted by Gasteiger charge is 2.09. The molecule has 0 atom stereocenters. The normalized spacial score (nSPS) is 10.8. The first-order valence-corrected chi connectivity index (χ1v) is 8.03. The molecule has 6 nitrogen and oxygen atoms in total. The van der Waals surface area contributed by atoms with Crippen LogP contribution >= 0.6 is 0 Å². The van der Waals surface area contributed by atoms with Crippen LogP contribution in [0.3, 0.4) is 0 Å². The maximum atomic E-state index is 12.2. The molecule has 0 spiro atoms. The number of methoxy groups -OCH3 is 1. The number of rotatable bonds is 7. The standard InChI is InChI=1S/C20H19N3O3/c1-3-10-26-16-6-4-14(5-7-16)13-21-23-20(24)19-12-15-11-17(25-2)8-9-18(15)22-19/h3-9,11-13,22H,1,10H2,2H3,(H,23,24). The molecule has 0 bridgehead atoms. The molecule has 0 aliphatic carbocycles. The first kappa shape index (κ1) is 17.3. The zero-order valence-corrected chi connectivity index (χ0v) is 14.4. The summed E-state index contributed by atoms with van der Waals surface area (Å²) in [6.07, 6.45) is 3.26. The highest BCUT2D eigenvalue weighted by atomic mass is 16.5. The monoisotopic (exact) mass is 349 g/mol. The number of fused-ring (bicyclic) bond motifs is 1. The second-order valence-electron chi connectivity index (χ2n) is 5.50. The quantitative estimate of drug-likeness (QED) is 0.389. The average molecular weight is 349 g/mol. The fraction of sp³-hybridized carbons (Fsp3) is 0.100. The molecule has 0 fully saturated rings. The van der Waals surface area contributed by atoms with E-state index in [1.165, 1.54) is 0 Å². The van der Waals surface area contributed by atoms with Crippen molar-refractivity contribution < 1.29 is 14.3 Å². The van der Waals surface area contributed by atoms with Gasteiger partial charge in [-0.2, -0.15) is 5.10 Å². The van der Waals surface area contributed by atoms with E-state index in [-0.39, 0.29) is 5.91 Å². The maximum Gasteiger partial charge on any atom is 0.287 e. The number of nitrogens with zero attached hydrogens (tertiary/aromatic N) is 1. The smallest absolute Gasteiger partial charge is 0.287 e. The van der Waals surface area contributed by atoms with E-state index in [0.29, 0.717) is 12.3 Å². The van der Waals surface area contributed by atoms with Crippen molar-refractivity contribution in [2.24, 2.45) is 5.10 Å². The molecule has 0 aliphatic heterocycles. The largest absolute Gasteiger partial charge is 0.497 e. The molecule has 26 heavy (non-hydrogen) atoms. The zero-order valence-electron chi connectivity index (χ0n) is 14.4. The first-order valence-electron chi connectivity index (χ1n) is 8.03. The number of ether oxygens (including phenoxy) is 2. The van der Waals surface area contributed by atoms with Crippen LogP contribution in [0, 0.1) is 0 Å². The second kappa shape index (κ2) is 8.02. The summed E-state index contributed by atoms with van der Waals surface area (Å²) in [5.74, 6) is 1.17. The van der Waals surface area contributed by atoms with Gasteiger partial charge in [-0.15, -0.1) is 0 Å². The molecule has 0 saturated carbocycles. The maximum absolute atomic E-state index is 12.2. The lowest BCUT2D eigenvalue weighted by molar-refractivity contribution is 0.0951. The Balaban J connectivity index is 1.62. The van der Waals surface area contributed by atoms with Crippen molar-refractivity contribution in [1.82, 2.24) is 10.4 Å². The van der Waals surface area contributed by atoms with Crippen LogP contribution in [-0.2, 0) is 0 Å². The third-order valence-corrected chi connectivity index (χ3v) is 3.70. The first-order chi connectivity index (χ1) is 12.7. The average Bonchev–Trinajstić information content (AvgIpc) is 3.10. The molecule has 3 aromatic rings. The van der Waals surface area contributed by atoms with Gasteiger partial charge in [0.1, 0.15) is 23.8 Å². The van der Waals surface area contributed by atoms with Gasteiger partial charge in [0.25, 0.3) is 5.91 Å². The van der Waals surface area contributed by atoms with Gasteiger partial charge in [-0.1, -0.05) is 12.7 Å².